The molecule has 2 aromatic heterocycles. The number of amides is 1. The zero-order valence-corrected chi connectivity index (χ0v) is 18.6. The lowest BCUT2D eigenvalue weighted by Gasteiger charge is -2.25. The second kappa shape index (κ2) is 9.12. The van der Waals surface area contributed by atoms with Gasteiger partial charge in [0.25, 0.3) is 0 Å². The Balaban J connectivity index is 1.48. The molecule has 0 aliphatic carbocycles. The topological polar surface area (TPSA) is 59.4 Å². The van der Waals surface area contributed by atoms with Gasteiger partial charge in [-0.15, -0.1) is 11.3 Å². The van der Waals surface area contributed by atoms with E-state index in [1.807, 2.05) is 24.3 Å². The summed E-state index contributed by atoms with van der Waals surface area (Å²) >= 11 is 1.63. The van der Waals surface area contributed by atoms with Gasteiger partial charge >= 0.3 is 0 Å². The van der Waals surface area contributed by atoms with Crippen molar-refractivity contribution in [2.24, 2.45) is 0 Å². The van der Waals surface area contributed by atoms with Gasteiger partial charge in [-0.05, 0) is 39.0 Å². The lowest BCUT2D eigenvalue weighted by Crippen LogP contribution is -2.41. The van der Waals surface area contributed by atoms with Gasteiger partial charge < -0.3 is 14.6 Å². The Morgan fingerprint density at radius 3 is 2.77 bits per heavy atom. The maximum absolute atomic E-state index is 12.4. The molecule has 1 aliphatic rings. The van der Waals surface area contributed by atoms with Crippen LogP contribution in [0.15, 0.2) is 35.7 Å². The predicted octanol–water partition coefficient (Wildman–Crippen LogP) is 4.19. The Bertz CT molecular complexity index is 1030. The summed E-state index contributed by atoms with van der Waals surface area (Å²) in [5.74, 6) is 0.000818. The van der Waals surface area contributed by atoms with E-state index in [1.54, 1.807) is 11.3 Å². The van der Waals surface area contributed by atoms with Crippen molar-refractivity contribution in [3.05, 3.63) is 47.1 Å². The molecule has 1 fully saturated rings. The highest BCUT2D eigenvalue weighted by Gasteiger charge is 2.16. The van der Waals surface area contributed by atoms with E-state index in [4.69, 9.17) is 9.72 Å². The number of ether oxygens (including phenoxy) is 1. The summed E-state index contributed by atoms with van der Waals surface area (Å²) in [5.41, 5.74) is 6.50. The first-order valence-corrected chi connectivity index (χ1v) is 11.3. The lowest BCUT2D eigenvalue weighted by atomic mass is 10.2. The highest BCUT2D eigenvalue weighted by Crippen LogP contribution is 2.33. The summed E-state index contributed by atoms with van der Waals surface area (Å²) in [6.07, 6.45) is 0. The molecule has 1 aliphatic heterocycles. The van der Waals surface area contributed by atoms with Crippen LogP contribution in [0, 0.1) is 13.8 Å². The molecular formula is C23H28N4O2S. The molecule has 1 saturated heterocycles. The maximum Gasteiger partial charge on any atom is 0.238 e. The summed E-state index contributed by atoms with van der Waals surface area (Å²) in [5, 5.41) is 6.08. The third-order valence-electron chi connectivity index (χ3n) is 5.53. The Hall–Kier alpha value is -2.48. The molecule has 3 heterocycles. The van der Waals surface area contributed by atoms with Crippen molar-refractivity contribution in [2.75, 3.05) is 38.2 Å². The van der Waals surface area contributed by atoms with Crippen molar-refractivity contribution in [1.29, 1.82) is 0 Å². The number of carbonyl (C=O) groups excluding carboxylic acids is 1. The van der Waals surface area contributed by atoms with Crippen molar-refractivity contribution in [3.8, 4) is 21.8 Å². The van der Waals surface area contributed by atoms with Crippen molar-refractivity contribution >= 4 is 22.9 Å². The number of benzene rings is 1. The summed E-state index contributed by atoms with van der Waals surface area (Å²) < 4.78 is 7.64. The van der Waals surface area contributed by atoms with E-state index in [0.29, 0.717) is 19.8 Å². The van der Waals surface area contributed by atoms with Crippen LogP contribution in [0.25, 0.3) is 21.8 Å². The van der Waals surface area contributed by atoms with Crippen LogP contribution in [0.1, 0.15) is 18.3 Å². The summed E-state index contributed by atoms with van der Waals surface area (Å²) in [7, 11) is 0. The van der Waals surface area contributed by atoms with Crippen LogP contribution in [0.2, 0.25) is 0 Å². The third kappa shape index (κ3) is 4.48. The predicted molar refractivity (Wildman–Crippen MR) is 122 cm³/mol. The average Bonchev–Trinajstić information content (AvgIpc) is 3.33. The molecule has 1 N–H and O–H groups in total. The highest BCUT2D eigenvalue weighted by atomic mass is 32.1. The Labute approximate surface area is 181 Å². The maximum atomic E-state index is 12.4. The van der Waals surface area contributed by atoms with Gasteiger partial charge in [0.1, 0.15) is 5.01 Å². The number of nitrogens with one attached hydrogen (secondary N) is 1. The van der Waals surface area contributed by atoms with Crippen molar-refractivity contribution in [3.63, 3.8) is 0 Å². The molecule has 3 aromatic rings. The highest BCUT2D eigenvalue weighted by molar-refractivity contribution is 7.13. The molecule has 0 radical (unpaired) electrons. The van der Waals surface area contributed by atoms with Crippen LogP contribution in [0.5, 0.6) is 0 Å². The van der Waals surface area contributed by atoms with Crippen molar-refractivity contribution < 1.29 is 9.53 Å². The van der Waals surface area contributed by atoms with E-state index in [9.17, 15) is 4.79 Å². The third-order valence-corrected chi connectivity index (χ3v) is 6.43. The zero-order chi connectivity index (χ0) is 21.1. The first-order chi connectivity index (χ1) is 14.5. The second-order valence-electron chi connectivity index (χ2n) is 7.58. The molecule has 0 bridgehead atoms. The fourth-order valence-electron chi connectivity index (χ4n) is 3.97. The normalized spacial score (nSPS) is 14.8. The van der Waals surface area contributed by atoms with Crippen LogP contribution in [-0.4, -0.2) is 53.2 Å². The van der Waals surface area contributed by atoms with E-state index in [2.05, 4.69) is 47.0 Å². The van der Waals surface area contributed by atoms with Crippen molar-refractivity contribution in [2.45, 2.75) is 27.3 Å². The number of carbonyl (C=O) groups is 1. The SMILES string of the molecule is CCn1c(C)cc(-c2csc(-c3cccc(NC(=O)CN4CCOCC4)c3)n2)c1C. The summed E-state index contributed by atoms with van der Waals surface area (Å²) in [6.45, 7) is 10.8. The number of rotatable bonds is 6. The largest absolute Gasteiger partial charge is 0.379 e. The van der Waals surface area contributed by atoms with Gasteiger partial charge in [-0.1, -0.05) is 12.1 Å². The molecule has 1 amide bonds. The Morgan fingerprint density at radius 1 is 1.23 bits per heavy atom. The minimum atomic E-state index is 0.000818. The minimum absolute atomic E-state index is 0.000818. The lowest BCUT2D eigenvalue weighted by molar-refractivity contribution is -0.118. The van der Waals surface area contributed by atoms with E-state index < -0.39 is 0 Å². The van der Waals surface area contributed by atoms with Crippen LogP contribution < -0.4 is 5.32 Å². The van der Waals surface area contributed by atoms with Gasteiger partial charge in [-0.25, -0.2) is 4.98 Å². The number of morpholine rings is 1. The average molecular weight is 425 g/mol. The molecular weight excluding hydrogens is 396 g/mol. The number of nitrogens with zero attached hydrogens (tertiary/aromatic N) is 3. The molecule has 30 heavy (non-hydrogen) atoms. The number of anilines is 1. The first kappa shape index (κ1) is 20.8. The Kier molecular flexibility index (Phi) is 6.32. The molecule has 1 aromatic carbocycles. The van der Waals surface area contributed by atoms with Crippen LogP contribution in [-0.2, 0) is 16.1 Å². The zero-order valence-electron chi connectivity index (χ0n) is 17.8. The summed E-state index contributed by atoms with van der Waals surface area (Å²) in [6, 6.07) is 10.1. The van der Waals surface area contributed by atoms with Gasteiger partial charge in [0.15, 0.2) is 0 Å². The second-order valence-corrected chi connectivity index (χ2v) is 8.44. The molecule has 4 rings (SSSR count). The number of aryl methyl sites for hydroxylation is 1. The fraction of sp³-hybridized carbons (Fsp3) is 0.391. The van der Waals surface area contributed by atoms with Gasteiger partial charge in [0.05, 0.1) is 25.5 Å². The smallest absolute Gasteiger partial charge is 0.238 e. The molecule has 158 valence electrons. The fourth-order valence-corrected chi connectivity index (χ4v) is 4.79. The van der Waals surface area contributed by atoms with E-state index in [1.165, 1.54) is 17.0 Å². The molecule has 6 nitrogen and oxygen atoms in total. The number of hydrogen-bond donors (Lipinski definition) is 1. The Morgan fingerprint density at radius 2 is 2.03 bits per heavy atom. The van der Waals surface area contributed by atoms with E-state index in [0.717, 1.165) is 41.6 Å². The summed E-state index contributed by atoms with van der Waals surface area (Å²) in [4.78, 5) is 19.4. The van der Waals surface area contributed by atoms with E-state index >= 15 is 0 Å². The number of hydrogen-bond acceptors (Lipinski definition) is 5. The van der Waals surface area contributed by atoms with E-state index in [-0.39, 0.29) is 5.91 Å². The molecule has 0 atom stereocenters. The van der Waals surface area contributed by atoms with Crippen LogP contribution in [0.4, 0.5) is 5.69 Å². The first-order valence-electron chi connectivity index (χ1n) is 10.4. The monoisotopic (exact) mass is 424 g/mol. The van der Waals surface area contributed by atoms with Gasteiger partial charge in [0, 0.05) is 53.2 Å². The minimum Gasteiger partial charge on any atom is -0.379 e. The standard InChI is InChI=1S/C23H28N4O2S/c1-4-27-16(2)12-20(17(27)3)21-15-30-23(25-21)18-6-5-7-19(13-18)24-22(28)14-26-8-10-29-11-9-26/h5-7,12-13,15H,4,8-11,14H2,1-3H3,(H,24,28). The molecule has 7 heteroatoms. The van der Waals surface area contributed by atoms with Gasteiger partial charge in [0.2, 0.25) is 5.91 Å². The molecule has 0 unspecified atom stereocenters. The molecule has 0 saturated carbocycles. The van der Waals surface area contributed by atoms with Gasteiger partial charge in [-0.2, -0.15) is 0 Å². The van der Waals surface area contributed by atoms with Gasteiger partial charge in [-0.3, -0.25) is 9.69 Å². The number of thiazole rings is 1. The molecule has 0 spiro atoms. The quantitative estimate of drug-likeness (QED) is 0.645. The number of aromatic nitrogens is 2. The van der Waals surface area contributed by atoms with Crippen molar-refractivity contribution in [1.82, 2.24) is 14.5 Å². The van der Waals surface area contributed by atoms with Crippen LogP contribution >= 0.6 is 11.3 Å². The van der Waals surface area contributed by atoms with Crippen LogP contribution in [0.3, 0.4) is 0 Å².